The number of sulfonamides is 1. The summed E-state index contributed by atoms with van der Waals surface area (Å²) in [5.41, 5.74) is 1.62. The van der Waals surface area contributed by atoms with E-state index in [0.29, 0.717) is 24.5 Å². The first-order chi connectivity index (χ1) is 11.7. The van der Waals surface area contributed by atoms with Crippen molar-refractivity contribution < 1.29 is 18.0 Å². The smallest absolute Gasteiger partial charge is 0.243 e. The number of nitrogens with one attached hydrogen (secondary N) is 1. The fourth-order valence-corrected chi connectivity index (χ4v) is 4.54. The highest BCUT2D eigenvalue weighted by Crippen LogP contribution is 2.22. The Hall–Kier alpha value is -1.93. The van der Waals surface area contributed by atoms with Gasteiger partial charge in [-0.25, -0.2) is 8.42 Å². The van der Waals surface area contributed by atoms with Gasteiger partial charge in [0.1, 0.15) is 0 Å². The molecule has 2 rings (SSSR count). The number of aryl methyl sites for hydroxylation is 2. The predicted molar refractivity (Wildman–Crippen MR) is 94.6 cm³/mol. The van der Waals surface area contributed by atoms with E-state index in [-0.39, 0.29) is 31.3 Å². The van der Waals surface area contributed by atoms with Crippen LogP contribution in [0.3, 0.4) is 0 Å². The molecule has 0 aliphatic carbocycles. The Morgan fingerprint density at radius 1 is 1.12 bits per heavy atom. The van der Waals surface area contributed by atoms with E-state index in [9.17, 15) is 18.0 Å². The van der Waals surface area contributed by atoms with Crippen molar-refractivity contribution in [3.63, 3.8) is 0 Å². The molecule has 0 aromatic heterocycles. The molecule has 138 valence electrons. The Bertz CT molecular complexity index is 753. The molecule has 0 bridgehead atoms. The monoisotopic (exact) mass is 367 g/mol. The quantitative estimate of drug-likeness (QED) is 0.828. The fraction of sp³-hybridized carbons (Fsp3) is 0.529. The lowest BCUT2D eigenvalue weighted by atomic mass is 10.2. The summed E-state index contributed by atoms with van der Waals surface area (Å²) in [5.74, 6) is -0.241. The molecule has 1 N–H and O–H groups in total. The topological polar surface area (TPSA) is 86.8 Å². The third kappa shape index (κ3) is 4.79. The number of piperazine rings is 1. The van der Waals surface area contributed by atoms with Crippen LogP contribution >= 0.6 is 0 Å². The second-order valence-electron chi connectivity index (χ2n) is 6.29. The van der Waals surface area contributed by atoms with Crippen molar-refractivity contribution in [3.05, 3.63) is 29.3 Å². The largest absolute Gasteiger partial charge is 0.356 e. The van der Waals surface area contributed by atoms with E-state index in [1.54, 1.807) is 17.9 Å². The van der Waals surface area contributed by atoms with Crippen LogP contribution in [0.25, 0.3) is 0 Å². The average molecular weight is 367 g/mol. The van der Waals surface area contributed by atoms with Crippen LogP contribution < -0.4 is 5.32 Å². The zero-order chi connectivity index (χ0) is 18.6. The van der Waals surface area contributed by atoms with Gasteiger partial charge in [-0.1, -0.05) is 12.1 Å². The molecule has 7 nitrogen and oxygen atoms in total. The molecule has 25 heavy (non-hydrogen) atoms. The van der Waals surface area contributed by atoms with Crippen LogP contribution in [-0.2, 0) is 19.6 Å². The van der Waals surface area contributed by atoms with Gasteiger partial charge in [0.05, 0.1) is 4.90 Å². The summed E-state index contributed by atoms with van der Waals surface area (Å²) in [6.45, 7) is 6.64. The number of benzene rings is 1. The van der Waals surface area contributed by atoms with Gasteiger partial charge < -0.3 is 10.2 Å². The van der Waals surface area contributed by atoms with Crippen LogP contribution in [0.15, 0.2) is 23.1 Å². The number of nitrogens with zero attached hydrogens (tertiary/aromatic N) is 2. The van der Waals surface area contributed by atoms with Crippen LogP contribution in [0.4, 0.5) is 0 Å². The van der Waals surface area contributed by atoms with Gasteiger partial charge in [-0.2, -0.15) is 4.31 Å². The molecular formula is C17H25N3O4S. The van der Waals surface area contributed by atoms with E-state index < -0.39 is 10.0 Å². The number of carbonyl (C=O) groups excluding carboxylic acids is 2. The summed E-state index contributed by atoms with van der Waals surface area (Å²) in [6.07, 6.45) is 0.226. The zero-order valence-corrected chi connectivity index (χ0v) is 15.7. The highest BCUT2D eigenvalue weighted by molar-refractivity contribution is 7.89. The minimum Gasteiger partial charge on any atom is -0.356 e. The van der Waals surface area contributed by atoms with Gasteiger partial charge in [0.15, 0.2) is 0 Å². The molecule has 1 saturated heterocycles. The second kappa shape index (κ2) is 7.97. The van der Waals surface area contributed by atoms with E-state index in [1.165, 1.54) is 11.2 Å². The fourth-order valence-electron chi connectivity index (χ4n) is 2.81. The highest BCUT2D eigenvalue weighted by Gasteiger charge is 2.30. The van der Waals surface area contributed by atoms with Crippen molar-refractivity contribution in [3.8, 4) is 0 Å². The summed E-state index contributed by atoms with van der Waals surface area (Å²) in [6, 6.07) is 5.39. The van der Waals surface area contributed by atoms with Gasteiger partial charge in [-0.15, -0.1) is 0 Å². The van der Waals surface area contributed by atoms with Gasteiger partial charge in [-0.05, 0) is 31.0 Å². The Morgan fingerprint density at radius 3 is 2.36 bits per heavy atom. The van der Waals surface area contributed by atoms with E-state index in [0.717, 1.165) is 11.1 Å². The van der Waals surface area contributed by atoms with Gasteiger partial charge in [-0.3, -0.25) is 9.59 Å². The standard InChI is InChI=1S/C17H25N3O4S/c1-13-4-5-14(2)16(12-13)25(23,24)20-10-8-19(9-11-20)17(22)6-7-18-15(3)21/h4-5,12H,6-11H2,1-3H3,(H,18,21). The van der Waals surface area contributed by atoms with Crippen LogP contribution in [0.5, 0.6) is 0 Å². The van der Waals surface area contributed by atoms with Crippen molar-refractivity contribution in [1.29, 1.82) is 0 Å². The molecule has 0 unspecified atom stereocenters. The molecule has 1 aromatic carbocycles. The average Bonchev–Trinajstić information content (AvgIpc) is 2.56. The van der Waals surface area contributed by atoms with Gasteiger partial charge in [0.2, 0.25) is 21.8 Å². The molecule has 0 saturated carbocycles. The molecule has 1 fully saturated rings. The minimum atomic E-state index is -3.55. The Balaban J connectivity index is 1.98. The second-order valence-corrected chi connectivity index (χ2v) is 8.19. The molecule has 0 spiro atoms. The van der Waals surface area contributed by atoms with Crippen molar-refractivity contribution >= 4 is 21.8 Å². The molecular weight excluding hydrogens is 342 g/mol. The summed E-state index contributed by atoms with van der Waals surface area (Å²) in [7, 11) is -3.55. The Morgan fingerprint density at radius 2 is 1.76 bits per heavy atom. The molecule has 0 atom stereocenters. The number of carbonyl (C=O) groups is 2. The molecule has 1 aliphatic heterocycles. The maximum atomic E-state index is 12.9. The molecule has 0 radical (unpaired) electrons. The van der Waals surface area contributed by atoms with Crippen molar-refractivity contribution in [1.82, 2.24) is 14.5 Å². The van der Waals surface area contributed by atoms with Crippen LogP contribution in [0.2, 0.25) is 0 Å². The normalized spacial score (nSPS) is 15.9. The maximum absolute atomic E-state index is 12.9. The van der Waals surface area contributed by atoms with Crippen LogP contribution in [0, 0.1) is 13.8 Å². The lowest BCUT2D eigenvalue weighted by Gasteiger charge is -2.34. The third-order valence-electron chi connectivity index (χ3n) is 4.27. The Kier molecular flexibility index (Phi) is 6.18. The van der Waals surface area contributed by atoms with Crippen LogP contribution in [-0.4, -0.2) is 62.2 Å². The third-order valence-corrected chi connectivity index (χ3v) is 6.31. The molecule has 1 aliphatic rings. The summed E-state index contributed by atoms with van der Waals surface area (Å²) < 4.78 is 27.2. The van der Waals surface area contributed by atoms with Crippen LogP contribution in [0.1, 0.15) is 24.5 Å². The van der Waals surface area contributed by atoms with Crippen molar-refractivity contribution in [2.75, 3.05) is 32.7 Å². The minimum absolute atomic E-state index is 0.0717. The SMILES string of the molecule is CC(=O)NCCC(=O)N1CCN(S(=O)(=O)c2cc(C)ccc2C)CC1. The summed E-state index contributed by atoms with van der Waals surface area (Å²) in [5, 5.41) is 2.59. The number of amides is 2. The number of hydrogen-bond donors (Lipinski definition) is 1. The van der Waals surface area contributed by atoms with E-state index >= 15 is 0 Å². The van der Waals surface area contributed by atoms with E-state index in [1.807, 2.05) is 19.1 Å². The van der Waals surface area contributed by atoms with Gasteiger partial charge >= 0.3 is 0 Å². The summed E-state index contributed by atoms with van der Waals surface area (Å²) >= 11 is 0. The Labute approximate surface area is 149 Å². The summed E-state index contributed by atoms with van der Waals surface area (Å²) in [4.78, 5) is 24.9. The first-order valence-electron chi connectivity index (χ1n) is 8.31. The highest BCUT2D eigenvalue weighted by atomic mass is 32.2. The van der Waals surface area contributed by atoms with Gasteiger partial charge in [0, 0.05) is 46.1 Å². The van der Waals surface area contributed by atoms with E-state index in [4.69, 9.17) is 0 Å². The number of rotatable bonds is 5. The van der Waals surface area contributed by atoms with Gasteiger partial charge in [0.25, 0.3) is 0 Å². The molecule has 2 amide bonds. The predicted octanol–water partition coefficient (Wildman–Crippen LogP) is 0.663. The number of hydrogen-bond acceptors (Lipinski definition) is 4. The first-order valence-corrected chi connectivity index (χ1v) is 9.75. The lowest BCUT2D eigenvalue weighted by molar-refractivity contribution is -0.132. The molecule has 1 heterocycles. The lowest BCUT2D eigenvalue weighted by Crippen LogP contribution is -2.51. The molecule has 8 heteroatoms. The maximum Gasteiger partial charge on any atom is 0.243 e. The molecule has 1 aromatic rings. The van der Waals surface area contributed by atoms with Crippen molar-refractivity contribution in [2.24, 2.45) is 0 Å². The van der Waals surface area contributed by atoms with Crippen molar-refractivity contribution in [2.45, 2.75) is 32.1 Å². The first kappa shape index (κ1) is 19.4. The zero-order valence-electron chi connectivity index (χ0n) is 14.9. The van der Waals surface area contributed by atoms with E-state index in [2.05, 4.69) is 5.32 Å².